The van der Waals surface area contributed by atoms with Crippen molar-refractivity contribution < 1.29 is 14.7 Å². The smallest absolute Gasteiger partial charge is 0.336 e. The number of benzene rings is 3. The van der Waals surface area contributed by atoms with Gasteiger partial charge in [-0.25, -0.2) is 10.2 Å². The largest absolute Gasteiger partial charge is 0.478 e. The first-order valence-electron chi connectivity index (χ1n) is 8.66. The predicted molar refractivity (Wildman–Crippen MR) is 116 cm³/mol. The molecule has 0 aliphatic heterocycles. The van der Waals surface area contributed by atoms with Crippen LogP contribution in [0.15, 0.2) is 82.8 Å². The summed E-state index contributed by atoms with van der Waals surface area (Å²) in [6.45, 7) is 0. The van der Waals surface area contributed by atoms with Crippen molar-refractivity contribution in [3.05, 3.63) is 100 Å². The number of aromatic carboxylic acids is 1. The Labute approximate surface area is 177 Å². The number of halogens is 1. The molecule has 0 aliphatic carbocycles. The van der Waals surface area contributed by atoms with Crippen LogP contribution < -0.4 is 5.43 Å². The van der Waals surface area contributed by atoms with E-state index in [0.717, 1.165) is 16.2 Å². The normalized spacial score (nSPS) is 10.8. The summed E-state index contributed by atoms with van der Waals surface area (Å²) >= 11 is 7.57. The Kier molecular flexibility index (Phi) is 7.05. The fourth-order valence-corrected chi connectivity index (χ4v) is 3.46. The van der Waals surface area contributed by atoms with Crippen molar-refractivity contribution in [2.45, 2.75) is 10.6 Å². The maximum Gasteiger partial charge on any atom is 0.336 e. The summed E-state index contributed by atoms with van der Waals surface area (Å²) in [5, 5.41) is 13.7. The van der Waals surface area contributed by atoms with E-state index >= 15 is 0 Å². The Morgan fingerprint density at radius 3 is 2.38 bits per heavy atom. The summed E-state index contributed by atoms with van der Waals surface area (Å²) in [6, 6.07) is 21.3. The van der Waals surface area contributed by atoms with Crippen LogP contribution in [0.3, 0.4) is 0 Å². The van der Waals surface area contributed by atoms with Gasteiger partial charge in [-0.3, -0.25) is 4.79 Å². The van der Waals surface area contributed by atoms with Crippen molar-refractivity contribution in [3.8, 4) is 0 Å². The molecule has 0 aliphatic rings. The summed E-state index contributed by atoms with van der Waals surface area (Å²) in [6.07, 6.45) is 1.32. The number of thioether (sulfide) groups is 1. The fraction of sp³-hybridized carbons (Fsp3) is 0.0455. The van der Waals surface area contributed by atoms with Crippen molar-refractivity contribution in [3.63, 3.8) is 0 Å². The Hall–Kier alpha value is -3.09. The average Bonchev–Trinajstić information content (AvgIpc) is 2.74. The van der Waals surface area contributed by atoms with E-state index in [1.165, 1.54) is 12.3 Å². The monoisotopic (exact) mass is 424 g/mol. The van der Waals surface area contributed by atoms with Crippen LogP contribution in [0, 0.1) is 0 Å². The lowest BCUT2D eigenvalue weighted by Crippen LogP contribution is -2.17. The number of hydrogen-bond donors (Lipinski definition) is 2. The number of amides is 1. The molecular formula is C22H17ClN2O3S. The molecule has 1 amide bonds. The number of hydrazone groups is 1. The minimum absolute atomic E-state index is 0.119. The van der Waals surface area contributed by atoms with E-state index < -0.39 is 5.97 Å². The molecule has 7 heteroatoms. The van der Waals surface area contributed by atoms with Crippen LogP contribution in [0.25, 0.3) is 0 Å². The summed E-state index contributed by atoms with van der Waals surface area (Å²) in [4.78, 5) is 24.5. The van der Waals surface area contributed by atoms with Gasteiger partial charge in [-0.2, -0.15) is 5.10 Å². The Morgan fingerprint density at radius 1 is 1.00 bits per heavy atom. The Balaban J connectivity index is 1.56. The van der Waals surface area contributed by atoms with Gasteiger partial charge in [0.05, 0.1) is 11.8 Å². The quantitative estimate of drug-likeness (QED) is 0.314. The highest BCUT2D eigenvalue weighted by atomic mass is 35.5. The van der Waals surface area contributed by atoms with E-state index in [1.54, 1.807) is 42.1 Å². The van der Waals surface area contributed by atoms with Crippen LogP contribution in [0.1, 0.15) is 31.8 Å². The van der Waals surface area contributed by atoms with Crippen molar-refractivity contribution in [2.24, 2.45) is 5.10 Å². The number of nitrogens with zero attached hydrogens (tertiary/aromatic N) is 1. The molecule has 146 valence electrons. The highest BCUT2D eigenvalue weighted by molar-refractivity contribution is 7.98. The molecule has 0 heterocycles. The second kappa shape index (κ2) is 9.91. The van der Waals surface area contributed by atoms with E-state index in [0.29, 0.717) is 16.1 Å². The molecule has 0 atom stereocenters. The van der Waals surface area contributed by atoms with Crippen LogP contribution in [0.2, 0.25) is 5.02 Å². The molecule has 0 saturated carbocycles. The lowest BCUT2D eigenvalue weighted by atomic mass is 10.1. The molecule has 3 aromatic carbocycles. The fourth-order valence-electron chi connectivity index (χ4n) is 2.48. The molecule has 0 radical (unpaired) electrons. The summed E-state index contributed by atoms with van der Waals surface area (Å²) in [5.74, 6) is -0.649. The molecule has 3 rings (SSSR count). The minimum Gasteiger partial charge on any atom is -0.478 e. The van der Waals surface area contributed by atoms with Gasteiger partial charge >= 0.3 is 5.97 Å². The standard InChI is InChI=1S/C22H17ClN2O3S/c23-18-9-11-19(12-10-18)29-14-15-5-7-16(8-6-15)21(26)25-24-13-17-3-1-2-4-20(17)22(27)28/h1-13H,14H2,(H,25,26)(H,27,28)/b24-13+. The zero-order valence-corrected chi connectivity index (χ0v) is 16.8. The first-order chi connectivity index (χ1) is 14.0. The van der Waals surface area contributed by atoms with Crippen molar-refractivity contribution >= 4 is 41.5 Å². The SMILES string of the molecule is O=C(N/N=C/c1ccccc1C(=O)O)c1ccc(CSc2ccc(Cl)cc2)cc1. The zero-order chi connectivity index (χ0) is 20.6. The number of hydrogen-bond acceptors (Lipinski definition) is 4. The molecule has 0 saturated heterocycles. The molecule has 0 unspecified atom stereocenters. The number of rotatable bonds is 7. The molecule has 5 nitrogen and oxygen atoms in total. The van der Waals surface area contributed by atoms with Crippen LogP contribution in [0.4, 0.5) is 0 Å². The minimum atomic E-state index is -1.05. The van der Waals surface area contributed by atoms with Gasteiger partial charge in [-0.1, -0.05) is 41.9 Å². The van der Waals surface area contributed by atoms with E-state index in [4.69, 9.17) is 16.7 Å². The van der Waals surface area contributed by atoms with E-state index in [1.807, 2.05) is 36.4 Å². The van der Waals surface area contributed by atoms with Gasteiger partial charge in [-0.15, -0.1) is 11.8 Å². The number of carboxylic acid groups (broad SMARTS) is 1. The number of carboxylic acids is 1. The van der Waals surface area contributed by atoms with Gasteiger partial charge in [0, 0.05) is 26.8 Å². The highest BCUT2D eigenvalue weighted by Gasteiger charge is 2.08. The van der Waals surface area contributed by atoms with Crippen LogP contribution in [-0.2, 0) is 5.75 Å². The van der Waals surface area contributed by atoms with Gasteiger partial charge in [-0.05, 0) is 48.0 Å². The van der Waals surface area contributed by atoms with Crippen molar-refractivity contribution in [1.29, 1.82) is 0 Å². The summed E-state index contributed by atoms with van der Waals surface area (Å²) in [7, 11) is 0. The first-order valence-corrected chi connectivity index (χ1v) is 10.0. The van der Waals surface area contributed by atoms with Crippen molar-refractivity contribution in [1.82, 2.24) is 5.43 Å². The number of nitrogens with one attached hydrogen (secondary N) is 1. The third-order valence-corrected chi connectivity index (χ3v) is 5.33. The van der Waals surface area contributed by atoms with E-state index in [2.05, 4.69) is 10.5 Å². The third kappa shape index (κ3) is 5.94. The summed E-state index contributed by atoms with van der Waals surface area (Å²) < 4.78 is 0. The van der Waals surface area contributed by atoms with Crippen LogP contribution >= 0.6 is 23.4 Å². The number of carbonyl (C=O) groups excluding carboxylic acids is 1. The highest BCUT2D eigenvalue weighted by Crippen LogP contribution is 2.24. The lowest BCUT2D eigenvalue weighted by molar-refractivity contribution is 0.0696. The molecule has 0 spiro atoms. The lowest BCUT2D eigenvalue weighted by Gasteiger charge is -2.04. The molecule has 0 bridgehead atoms. The van der Waals surface area contributed by atoms with Crippen LogP contribution in [-0.4, -0.2) is 23.2 Å². The zero-order valence-electron chi connectivity index (χ0n) is 15.2. The van der Waals surface area contributed by atoms with E-state index in [9.17, 15) is 9.59 Å². The second-order valence-electron chi connectivity index (χ2n) is 6.03. The van der Waals surface area contributed by atoms with Gasteiger partial charge in [0.1, 0.15) is 0 Å². The second-order valence-corrected chi connectivity index (χ2v) is 7.52. The Bertz CT molecular complexity index is 1030. The third-order valence-electron chi connectivity index (χ3n) is 4.00. The maximum atomic E-state index is 12.2. The molecule has 29 heavy (non-hydrogen) atoms. The summed E-state index contributed by atoms with van der Waals surface area (Å²) in [5.41, 5.74) is 4.50. The predicted octanol–water partition coefficient (Wildman–Crippen LogP) is 5.09. The van der Waals surface area contributed by atoms with E-state index in [-0.39, 0.29) is 11.5 Å². The molecule has 3 aromatic rings. The maximum absolute atomic E-state index is 12.2. The molecule has 0 fully saturated rings. The molecule has 2 N–H and O–H groups in total. The first kappa shape index (κ1) is 20.6. The van der Waals surface area contributed by atoms with Gasteiger partial charge in [0.2, 0.25) is 0 Å². The van der Waals surface area contributed by atoms with Crippen LogP contribution in [0.5, 0.6) is 0 Å². The topological polar surface area (TPSA) is 78.8 Å². The molecule has 0 aromatic heterocycles. The Morgan fingerprint density at radius 2 is 1.69 bits per heavy atom. The van der Waals surface area contributed by atoms with Crippen molar-refractivity contribution in [2.75, 3.05) is 0 Å². The average molecular weight is 425 g/mol. The van der Waals surface area contributed by atoms with Gasteiger partial charge < -0.3 is 5.11 Å². The van der Waals surface area contributed by atoms with Gasteiger partial charge in [0.15, 0.2) is 0 Å². The molecular weight excluding hydrogens is 408 g/mol. The van der Waals surface area contributed by atoms with Gasteiger partial charge in [0.25, 0.3) is 5.91 Å². The number of carbonyl (C=O) groups is 2.